The summed E-state index contributed by atoms with van der Waals surface area (Å²) in [6.45, 7) is 0. The number of pyridine rings is 1. The average molecular weight is 277 g/mol. The summed E-state index contributed by atoms with van der Waals surface area (Å²) in [5.74, 6) is -0.953. The number of rotatable bonds is 4. The van der Waals surface area contributed by atoms with Crippen molar-refractivity contribution in [2.24, 2.45) is 0 Å². The van der Waals surface area contributed by atoms with E-state index in [0.717, 1.165) is 0 Å². The summed E-state index contributed by atoms with van der Waals surface area (Å²) in [4.78, 5) is 14.6. The fourth-order valence-electron chi connectivity index (χ4n) is 1.76. The van der Waals surface area contributed by atoms with Crippen LogP contribution in [0.25, 0.3) is 11.1 Å². The molecule has 0 aliphatic carbocycles. The first-order valence-electron chi connectivity index (χ1n) is 5.68. The van der Waals surface area contributed by atoms with E-state index >= 15 is 0 Å². The summed E-state index contributed by atoms with van der Waals surface area (Å²) in [5.41, 5.74) is 0.411. The van der Waals surface area contributed by atoms with Gasteiger partial charge in [-0.1, -0.05) is 0 Å². The molecule has 0 spiro atoms. The van der Waals surface area contributed by atoms with Gasteiger partial charge in [-0.2, -0.15) is 0 Å². The standard InChI is InChI=1S/C14H12FNO4/c1-19-8-3-4-11(15)9(5-8)10-7-16-12(14(17)18)6-13(10)20-2/h3-7H,1-2H3,(H,17,18). The number of hydrogen-bond donors (Lipinski definition) is 1. The fourth-order valence-corrected chi connectivity index (χ4v) is 1.76. The Morgan fingerprint density at radius 2 is 1.95 bits per heavy atom. The maximum atomic E-state index is 13.9. The van der Waals surface area contributed by atoms with E-state index in [9.17, 15) is 9.18 Å². The molecule has 1 aromatic carbocycles. The first-order chi connectivity index (χ1) is 9.56. The number of aromatic nitrogens is 1. The lowest BCUT2D eigenvalue weighted by Gasteiger charge is -2.11. The third kappa shape index (κ3) is 2.54. The molecule has 0 radical (unpaired) electrons. The summed E-state index contributed by atoms with van der Waals surface area (Å²) in [6.07, 6.45) is 1.26. The highest BCUT2D eigenvalue weighted by Crippen LogP contribution is 2.33. The van der Waals surface area contributed by atoms with Crippen molar-refractivity contribution in [1.82, 2.24) is 4.98 Å². The topological polar surface area (TPSA) is 68.7 Å². The van der Waals surface area contributed by atoms with Crippen LogP contribution < -0.4 is 9.47 Å². The number of benzene rings is 1. The Labute approximate surface area is 114 Å². The lowest BCUT2D eigenvalue weighted by Crippen LogP contribution is -2.02. The van der Waals surface area contributed by atoms with E-state index in [-0.39, 0.29) is 17.0 Å². The molecule has 5 nitrogen and oxygen atoms in total. The Morgan fingerprint density at radius 1 is 1.20 bits per heavy atom. The molecule has 1 N–H and O–H groups in total. The van der Waals surface area contributed by atoms with Crippen LogP contribution in [0.5, 0.6) is 11.5 Å². The molecule has 0 aliphatic rings. The maximum absolute atomic E-state index is 13.9. The third-order valence-electron chi connectivity index (χ3n) is 2.77. The van der Waals surface area contributed by atoms with Gasteiger partial charge in [0.1, 0.15) is 17.3 Å². The van der Waals surface area contributed by atoms with E-state index in [2.05, 4.69) is 4.98 Å². The van der Waals surface area contributed by atoms with Crippen molar-refractivity contribution >= 4 is 5.97 Å². The Kier molecular flexibility index (Phi) is 3.84. The maximum Gasteiger partial charge on any atom is 0.354 e. The van der Waals surface area contributed by atoms with Crippen molar-refractivity contribution in [2.75, 3.05) is 14.2 Å². The van der Waals surface area contributed by atoms with Gasteiger partial charge in [-0.15, -0.1) is 0 Å². The predicted octanol–water partition coefficient (Wildman–Crippen LogP) is 2.60. The van der Waals surface area contributed by atoms with Gasteiger partial charge in [0.05, 0.1) is 14.2 Å². The number of hydrogen-bond acceptors (Lipinski definition) is 4. The van der Waals surface area contributed by atoms with Crippen LogP contribution in [0.2, 0.25) is 0 Å². The summed E-state index contributed by atoms with van der Waals surface area (Å²) < 4.78 is 24.1. The van der Waals surface area contributed by atoms with Gasteiger partial charge in [0.25, 0.3) is 0 Å². The number of carboxylic acid groups (broad SMARTS) is 1. The van der Waals surface area contributed by atoms with E-state index < -0.39 is 11.8 Å². The Morgan fingerprint density at radius 3 is 2.55 bits per heavy atom. The van der Waals surface area contributed by atoms with Crippen molar-refractivity contribution < 1.29 is 23.8 Å². The van der Waals surface area contributed by atoms with Crippen LogP contribution in [-0.4, -0.2) is 30.3 Å². The number of halogens is 1. The van der Waals surface area contributed by atoms with Crippen molar-refractivity contribution in [3.63, 3.8) is 0 Å². The molecule has 6 heteroatoms. The number of nitrogens with zero attached hydrogens (tertiary/aromatic N) is 1. The second-order valence-corrected chi connectivity index (χ2v) is 3.92. The predicted molar refractivity (Wildman–Crippen MR) is 69.7 cm³/mol. The van der Waals surface area contributed by atoms with E-state index in [1.165, 1.54) is 44.7 Å². The third-order valence-corrected chi connectivity index (χ3v) is 2.77. The van der Waals surface area contributed by atoms with Gasteiger partial charge in [-0.3, -0.25) is 0 Å². The van der Waals surface area contributed by atoms with Crippen LogP contribution in [0.3, 0.4) is 0 Å². The summed E-state index contributed by atoms with van der Waals surface area (Å²) in [6, 6.07) is 5.50. The molecule has 0 unspecified atom stereocenters. The molecule has 0 saturated heterocycles. The lowest BCUT2D eigenvalue weighted by atomic mass is 10.1. The first-order valence-corrected chi connectivity index (χ1v) is 5.68. The van der Waals surface area contributed by atoms with E-state index in [1.54, 1.807) is 0 Å². The van der Waals surface area contributed by atoms with Crippen molar-refractivity contribution in [2.45, 2.75) is 0 Å². The molecule has 104 valence electrons. The zero-order chi connectivity index (χ0) is 14.7. The van der Waals surface area contributed by atoms with Crippen LogP contribution in [0.15, 0.2) is 30.5 Å². The molecule has 20 heavy (non-hydrogen) atoms. The molecule has 0 fully saturated rings. The van der Waals surface area contributed by atoms with Gasteiger partial charge >= 0.3 is 5.97 Å². The van der Waals surface area contributed by atoms with Gasteiger partial charge in [0.2, 0.25) is 0 Å². The molecule has 0 atom stereocenters. The van der Waals surface area contributed by atoms with Crippen molar-refractivity contribution in [3.8, 4) is 22.6 Å². The molecule has 1 aromatic heterocycles. The molecular weight excluding hydrogens is 265 g/mol. The van der Waals surface area contributed by atoms with Crippen LogP contribution in [0.1, 0.15) is 10.5 Å². The van der Waals surface area contributed by atoms with E-state index in [1.807, 2.05) is 0 Å². The largest absolute Gasteiger partial charge is 0.497 e. The number of aromatic carboxylic acids is 1. The van der Waals surface area contributed by atoms with E-state index in [4.69, 9.17) is 14.6 Å². The first kappa shape index (κ1) is 13.8. The van der Waals surface area contributed by atoms with Gasteiger partial charge in [-0.25, -0.2) is 14.2 Å². The minimum absolute atomic E-state index is 0.172. The van der Waals surface area contributed by atoms with Gasteiger partial charge in [-0.05, 0) is 18.2 Å². The minimum Gasteiger partial charge on any atom is -0.497 e. The van der Waals surface area contributed by atoms with Crippen LogP contribution in [0, 0.1) is 5.82 Å². The molecule has 2 rings (SSSR count). The zero-order valence-electron chi connectivity index (χ0n) is 10.9. The molecule has 0 aliphatic heterocycles. The normalized spacial score (nSPS) is 10.2. The summed E-state index contributed by atoms with van der Waals surface area (Å²) >= 11 is 0. The Bertz CT molecular complexity index is 658. The highest BCUT2D eigenvalue weighted by atomic mass is 19.1. The van der Waals surface area contributed by atoms with Crippen molar-refractivity contribution in [3.05, 3.63) is 42.0 Å². The molecule has 0 saturated carbocycles. The lowest BCUT2D eigenvalue weighted by molar-refractivity contribution is 0.0690. The number of carbonyl (C=O) groups is 1. The van der Waals surface area contributed by atoms with Crippen LogP contribution >= 0.6 is 0 Å². The molecule has 0 amide bonds. The molecule has 2 aromatic rings. The summed E-state index contributed by atoms with van der Waals surface area (Å²) in [5, 5.41) is 8.89. The highest BCUT2D eigenvalue weighted by Gasteiger charge is 2.15. The Balaban J connectivity index is 2.60. The molecular formula is C14H12FNO4. The van der Waals surface area contributed by atoms with Crippen LogP contribution in [0.4, 0.5) is 4.39 Å². The van der Waals surface area contributed by atoms with Gasteiger partial charge < -0.3 is 14.6 Å². The monoisotopic (exact) mass is 277 g/mol. The van der Waals surface area contributed by atoms with Gasteiger partial charge in [0.15, 0.2) is 5.69 Å². The van der Waals surface area contributed by atoms with E-state index in [0.29, 0.717) is 11.3 Å². The van der Waals surface area contributed by atoms with Crippen molar-refractivity contribution in [1.29, 1.82) is 0 Å². The number of methoxy groups -OCH3 is 2. The minimum atomic E-state index is -1.18. The zero-order valence-corrected chi connectivity index (χ0v) is 10.9. The molecule has 1 heterocycles. The second kappa shape index (κ2) is 5.56. The van der Waals surface area contributed by atoms with Gasteiger partial charge in [0, 0.05) is 23.4 Å². The average Bonchev–Trinajstić information content (AvgIpc) is 2.47. The quantitative estimate of drug-likeness (QED) is 0.930. The smallest absolute Gasteiger partial charge is 0.354 e. The number of carboxylic acids is 1. The highest BCUT2D eigenvalue weighted by molar-refractivity contribution is 5.87. The Hall–Kier alpha value is -2.63. The SMILES string of the molecule is COc1ccc(F)c(-c2cnc(C(=O)O)cc2OC)c1. The van der Waals surface area contributed by atoms with Crippen LogP contribution in [-0.2, 0) is 0 Å². The number of ether oxygens (including phenoxy) is 2. The summed E-state index contributed by atoms with van der Waals surface area (Å²) in [7, 11) is 2.85. The second-order valence-electron chi connectivity index (χ2n) is 3.92. The molecule has 0 bridgehead atoms. The fraction of sp³-hybridized carbons (Fsp3) is 0.143.